The third kappa shape index (κ3) is 2.88. The molecule has 9 heteroatoms. The monoisotopic (exact) mass is 303 g/mol. The number of benzene rings is 1. The molecule has 1 atom stereocenters. The molecule has 0 radical (unpaired) electrons. The molecule has 1 aromatic carbocycles. The Morgan fingerprint density at radius 2 is 2.10 bits per heavy atom. The minimum Gasteiger partial charge on any atom is -0.397 e. The maximum atomic E-state index is 13.8. The average Bonchev–Trinajstić information content (AvgIpc) is 3.09. The van der Waals surface area contributed by atoms with Crippen LogP contribution in [-0.4, -0.2) is 19.4 Å². The molecule has 0 aliphatic heterocycles. The van der Waals surface area contributed by atoms with Crippen LogP contribution in [0.2, 0.25) is 0 Å². The lowest BCUT2D eigenvalue weighted by Gasteiger charge is -2.15. The molecule has 1 fully saturated rings. The number of rotatable bonds is 5. The number of nitrogen functional groups attached to an aromatic ring is 1. The average molecular weight is 303 g/mol. The molecule has 0 aromatic heterocycles. The van der Waals surface area contributed by atoms with Crippen molar-refractivity contribution in [1.82, 2.24) is 4.72 Å². The Bertz CT molecular complexity index is 635. The zero-order chi connectivity index (χ0) is 15.1. The molecule has 7 nitrogen and oxygen atoms in total. The number of nitro groups is 1. The van der Waals surface area contributed by atoms with Crippen LogP contribution in [0.15, 0.2) is 17.0 Å². The molecule has 0 heterocycles. The van der Waals surface area contributed by atoms with E-state index in [2.05, 4.69) is 4.72 Å². The van der Waals surface area contributed by atoms with E-state index in [4.69, 9.17) is 5.73 Å². The number of sulfonamides is 1. The quantitative estimate of drug-likeness (QED) is 0.484. The Morgan fingerprint density at radius 1 is 1.50 bits per heavy atom. The Labute approximate surface area is 115 Å². The second kappa shape index (κ2) is 4.98. The molecule has 20 heavy (non-hydrogen) atoms. The Hall–Kier alpha value is -1.74. The van der Waals surface area contributed by atoms with E-state index in [0.29, 0.717) is 6.07 Å². The summed E-state index contributed by atoms with van der Waals surface area (Å²) in [6.45, 7) is 1.69. The molecule has 1 saturated carbocycles. The summed E-state index contributed by atoms with van der Waals surface area (Å²) in [5, 5.41) is 10.6. The van der Waals surface area contributed by atoms with Gasteiger partial charge < -0.3 is 5.73 Å². The topological polar surface area (TPSA) is 115 Å². The summed E-state index contributed by atoms with van der Waals surface area (Å²) in [4.78, 5) is 8.98. The van der Waals surface area contributed by atoms with E-state index >= 15 is 0 Å². The predicted octanol–water partition coefficient (Wildman–Crippen LogP) is 1.39. The van der Waals surface area contributed by atoms with Gasteiger partial charge in [-0.15, -0.1) is 0 Å². The molecule has 1 aliphatic carbocycles. The van der Waals surface area contributed by atoms with Gasteiger partial charge in [-0.25, -0.2) is 17.5 Å². The number of nitrogens with zero attached hydrogens (tertiary/aromatic N) is 1. The van der Waals surface area contributed by atoms with Crippen LogP contribution in [0.3, 0.4) is 0 Å². The van der Waals surface area contributed by atoms with Crippen molar-refractivity contribution in [3.8, 4) is 0 Å². The van der Waals surface area contributed by atoms with Crippen molar-refractivity contribution in [2.45, 2.75) is 30.7 Å². The summed E-state index contributed by atoms with van der Waals surface area (Å²) in [6.07, 6.45) is 1.84. The van der Waals surface area contributed by atoms with Crippen LogP contribution in [0, 0.1) is 21.8 Å². The van der Waals surface area contributed by atoms with Crippen molar-refractivity contribution < 1.29 is 17.7 Å². The summed E-state index contributed by atoms with van der Waals surface area (Å²) in [5.41, 5.74) is 4.38. The molecular weight excluding hydrogens is 289 g/mol. The number of nitrogens with one attached hydrogen (secondary N) is 1. The molecule has 0 saturated heterocycles. The number of hydrogen-bond donors (Lipinski definition) is 2. The van der Waals surface area contributed by atoms with Crippen LogP contribution in [-0.2, 0) is 10.0 Å². The van der Waals surface area contributed by atoms with Gasteiger partial charge in [-0.2, -0.15) is 0 Å². The van der Waals surface area contributed by atoms with Gasteiger partial charge in [0, 0.05) is 12.1 Å². The fourth-order valence-corrected chi connectivity index (χ4v) is 3.47. The molecule has 0 amide bonds. The number of halogens is 1. The van der Waals surface area contributed by atoms with Gasteiger partial charge in [-0.3, -0.25) is 10.1 Å². The second-order valence-electron chi connectivity index (χ2n) is 4.85. The van der Waals surface area contributed by atoms with Gasteiger partial charge in [0.15, 0.2) is 5.82 Å². The molecule has 0 spiro atoms. The van der Waals surface area contributed by atoms with E-state index in [1.54, 1.807) is 6.92 Å². The molecule has 1 aromatic rings. The summed E-state index contributed by atoms with van der Waals surface area (Å²) >= 11 is 0. The first-order valence-electron chi connectivity index (χ1n) is 5.98. The van der Waals surface area contributed by atoms with Gasteiger partial charge in [0.05, 0.1) is 16.7 Å². The Balaban J connectivity index is 2.38. The zero-order valence-electron chi connectivity index (χ0n) is 10.7. The summed E-state index contributed by atoms with van der Waals surface area (Å²) in [6, 6.07) is 1.06. The van der Waals surface area contributed by atoms with Gasteiger partial charge in [-0.05, 0) is 25.7 Å². The molecule has 110 valence electrons. The summed E-state index contributed by atoms with van der Waals surface area (Å²) in [5.74, 6) is -0.987. The zero-order valence-corrected chi connectivity index (χ0v) is 11.5. The minimum absolute atomic E-state index is 0.243. The Kier molecular flexibility index (Phi) is 3.65. The largest absolute Gasteiger partial charge is 0.397 e. The van der Waals surface area contributed by atoms with E-state index in [-0.39, 0.29) is 12.0 Å². The summed E-state index contributed by atoms with van der Waals surface area (Å²) in [7, 11) is -4.14. The molecular formula is C11H14FN3O4S. The van der Waals surface area contributed by atoms with Crippen molar-refractivity contribution in [2.24, 2.45) is 5.92 Å². The maximum absolute atomic E-state index is 13.8. The maximum Gasteiger partial charge on any atom is 0.274 e. The van der Waals surface area contributed by atoms with Gasteiger partial charge in [-0.1, -0.05) is 0 Å². The van der Waals surface area contributed by atoms with Crippen LogP contribution >= 0.6 is 0 Å². The predicted molar refractivity (Wildman–Crippen MR) is 70.0 cm³/mol. The Morgan fingerprint density at radius 3 is 2.55 bits per heavy atom. The molecule has 2 rings (SSSR count). The lowest BCUT2D eigenvalue weighted by molar-refractivity contribution is -0.385. The van der Waals surface area contributed by atoms with Crippen molar-refractivity contribution in [3.63, 3.8) is 0 Å². The van der Waals surface area contributed by atoms with Crippen LogP contribution in [0.4, 0.5) is 15.8 Å². The fourth-order valence-electron chi connectivity index (χ4n) is 1.98. The third-order valence-corrected chi connectivity index (χ3v) is 4.86. The summed E-state index contributed by atoms with van der Waals surface area (Å²) < 4.78 is 40.4. The molecule has 1 aliphatic rings. The SMILES string of the molecule is CC(NS(=O)(=O)c1c(N)cc([N+](=O)[O-])cc1F)C1CC1. The van der Waals surface area contributed by atoms with Crippen molar-refractivity contribution in [3.05, 3.63) is 28.1 Å². The standard InChI is InChI=1S/C11H14FN3O4S/c1-6(7-2-3-7)14-20(18,19)11-9(12)4-8(15(16)17)5-10(11)13/h4-7,14H,2-3,13H2,1H3. The van der Waals surface area contributed by atoms with Crippen LogP contribution in [0.5, 0.6) is 0 Å². The highest BCUT2D eigenvalue weighted by Crippen LogP contribution is 2.34. The highest BCUT2D eigenvalue weighted by Gasteiger charge is 2.33. The van der Waals surface area contributed by atoms with Gasteiger partial charge in [0.25, 0.3) is 5.69 Å². The molecule has 3 N–H and O–H groups in total. The van der Waals surface area contributed by atoms with E-state index < -0.39 is 37.0 Å². The normalized spacial score (nSPS) is 16.9. The van der Waals surface area contributed by atoms with E-state index in [1.165, 1.54) is 0 Å². The first kappa shape index (κ1) is 14.7. The van der Waals surface area contributed by atoms with Crippen LogP contribution < -0.4 is 10.5 Å². The highest BCUT2D eigenvalue weighted by molar-refractivity contribution is 7.89. The first-order valence-corrected chi connectivity index (χ1v) is 7.46. The van der Waals surface area contributed by atoms with Gasteiger partial charge in [0.2, 0.25) is 10.0 Å². The van der Waals surface area contributed by atoms with E-state index in [0.717, 1.165) is 18.9 Å². The fraction of sp³-hybridized carbons (Fsp3) is 0.455. The third-order valence-electron chi connectivity index (χ3n) is 3.21. The minimum atomic E-state index is -4.14. The van der Waals surface area contributed by atoms with Crippen molar-refractivity contribution >= 4 is 21.4 Å². The molecule has 0 bridgehead atoms. The smallest absolute Gasteiger partial charge is 0.274 e. The van der Waals surface area contributed by atoms with Gasteiger partial charge in [0.1, 0.15) is 4.90 Å². The number of hydrogen-bond acceptors (Lipinski definition) is 5. The van der Waals surface area contributed by atoms with Gasteiger partial charge >= 0.3 is 0 Å². The van der Waals surface area contributed by atoms with Crippen molar-refractivity contribution in [2.75, 3.05) is 5.73 Å². The highest BCUT2D eigenvalue weighted by atomic mass is 32.2. The molecule has 1 unspecified atom stereocenters. The number of nitrogens with two attached hydrogens (primary N) is 1. The van der Waals surface area contributed by atoms with Crippen molar-refractivity contribution in [1.29, 1.82) is 0 Å². The number of nitro benzene ring substituents is 1. The van der Waals surface area contributed by atoms with Crippen LogP contribution in [0.25, 0.3) is 0 Å². The number of anilines is 1. The lowest BCUT2D eigenvalue weighted by atomic mass is 10.2. The van der Waals surface area contributed by atoms with E-state index in [1.807, 2.05) is 0 Å². The first-order chi connectivity index (χ1) is 9.22. The second-order valence-corrected chi connectivity index (χ2v) is 6.50. The number of non-ortho nitro benzene ring substituents is 1. The van der Waals surface area contributed by atoms with Crippen LogP contribution in [0.1, 0.15) is 19.8 Å². The lowest BCUT2D eigenvalue weighted by Crippen LogP contribution is -2.35. The van der Waals surface area contributed by atoms with E-state index in [9.17, 15) is 22.9 Å².